The minimum absolute atomic E-state index is 0.596. The van der Waals surface area contributed by atoms with E-state index in [1.54, 1.807) is 0 Å². The summed E-state index contributed by atoms with van der Waals surface area (Å²) < 4.78 is 5.59. The molecule has 0 aliphatic carbocycles. The van der Waals surface area contributed by atoms with E-state index in [4.69, 9.17) is 4.74 Å². The first-order chi connectivity index (χ1) is 8.40. The largest absolute Gasteiger partial charge is 0.492 e. The lowest BCUT2D eigenvalue weighted by Crippen LogP contribution is -2.39. The molecule has 0 saturated carbocycles. The molecule has 17 heavy (non-hydrogen) atoms. The average molecular weight is 234 g/mol. The summed E-state index contributed by atoms with van der Waals surface area (Å²) in [6.45, 7) is 4.85. The second-order valence-electron chi connectivity index (χ2n) is 4.46. The molecule has 2 rings (SSSR count). The fourth-order valence-corrected chi connectivity index (χ4v) is 2.23. The Hall–Kier alpha value is -1.22. The van der Waals surface area contributed by atoms with Crippen molar-refractivity contribution in [2.45, 2.75) is 32.2 Å². The molecule has 0 spiro atoms. The summed E-state index contributed by atoms with van der Waals surface area (Å²) in [6.07, 6.45) is 3.92. The van der Waals surface area contributed by atoms with E-state index in [1.165, 1.54) is 19.3 Å². The second kappa shape index (κ2) is 6.50. The van der Waals surface area contributed by atoms with Crippen LogP contribution in [0.15, 0.2) is 24.3 Å². The summed E-state index contributed by atoms with van der Waals surface area (Å²) in [7, 11) is 0. The molecule has 1 heterocycles. The fourth-order valence-electron chi connectivity index (χ4n) is 2.23. The van der Waals surface area contributed by atoms with Gasteiger partial charge in [0, 0.05) is 12.6 Å². The molecular formula is C14H22N2O. The zero-order valence-electron chi connectivity index (χ0n) is 10.5. The minimum Gasteiger partial charge on any atom is -0.492 e. The lowest BCUT2D eigenvalue weighted by Gasteiger charge is -2.24. The van der Waals surface area contributed by atoms with Gasteiger partial charge in [0.1, 0.15) is 5.75 Å². The van der Waals surface area contributed by atoms with Gasteiger partial charge in [-0.25, -0.2) is 0 Å². The summed E-state index contributed by atoms with van der Waals surface area (Å²) in [4.78, 5) is 0. The highest BCUT2D eigenvalue weighted by Gasteiger charge is 2.12. The molecule has 3 nitrogen and oxygen atoms in total. The van der Waals surface area contributed by atoms with Crippen molar-refractivity contribution in [3.63, 3.8) is 0 Å². The third kappa shape index (κ3) is 3.63. The molecule has 0 radical (unpaired) electrons. The van der Waals surface area contributed by atoms with E-state index in [0.717, 1.165) is 24.5 Å². The van der Waals surface area contributed by atoms with E-state index < -0.39 is 0 Å². The van der Waals surface area contributed by atoms with Crippen LogP contribution >= 0.6 is 0 Å². The summed E-state index contributed by atoms with van der Waals surface area (Å²) in [5.41, 5.74) is 1.10. The fraction of sp³-hybridized carbons (Fsp3) is 0.571. The van der Waals surface area contributed by atoms with E-state index in [0.29, 0.717) is 12.6 Å². The Bertz CT molecular complexity index is 335. The van der Waals surface area contributed by atoms with E-state index in [2.05, 4.69) is 16.7 Å². The van der Waals surface area contributed by atoms with Crippen molar-refractivity contribution in [3.8, 4) is 5.75 Å². The standard InChI is InChI=1S/C14H22N2O/c1-2-17-14-9-4-3-8-13(14)16-11-12-7-5-6-10-15-12/h3-4,8-9,12,15-16H,2,5-7,10-11H2,1H3. The van der Waals surface area contributed by atoms with Crippen molar-refractivity contribution in [2.75, 3.05) is 25.0 Å². The summed E-state index contributed by atoms with van der Waals surface area (Å²) in [6, 6.07) is 8.74. The van der Waals surface area contributed by atoms with Gasteiger partial charge in [0.25, 0.3) is 0 Å². The zero-order valence-corrected chi connectivity index (χ0v) is 10.5. The quantitative estimate of drug-likeness (QED) is 0.821. The van der Waals surface area contributed by atoms with Crippen LogP contribution < -0.4 is 15.4 Å². The molecule has 1 saturated heterocycles. The van der Waals surface area contributed by atoms with Gasteiger partial charge in [-0.2, -0.15) is 0 Å². The first kappa shape index (κ1) is 12.2. The Kier molecular flexibility index (Phi) is 4.68. The maximum Gasteiger partial charge on any atom is 0.142 e. The van der Waals surface area contributed by atoms with Crippen molar-refractivity contribution in [2.24, 2.45) is 0 Å². The Morgan fingerprint density at radius 3 is 3.00 bits per heavy atom. The number of anilines is 1. The van der Waals surface area contributed by atoms with Crippen LogP contribution in [-0.4, -0.2) is 25.7 Å². The molecule has 0 bridgehead atoms. The number of rotatable bonds is 5. The van der Waals surface area contributed by atoms with Crippen molar-refractivity contribution in [1.29, 1.82) is 0 Å². The van der Waals surface area contributed by atoms with E-state index >= 15 is 0 Å². The summed E-state index contributed by atoms with van der Waals surface area (Å²) in [5.74, 6) is 0.950. The van der Waals surface area contributed by atoms with Crippen LogP contribution in [0.4, 0.5) is 5.69 Å². The number of ether oxygens (including phenoxy) is 1. The molecule has 1 fully saturated rings. The Labute approximate surface area is 104 Å². The van der Waals surface area contributed by atoms with Crippen LogP contribution in [0.25, 0.3) is 0 Å². The molecule has 2 N–H and O–H groups in total. The molecule has 1 aliphatic heterocycles. The molecule has 1 aromatic carbocycles. The Balaban J connectivity index is 1.88. The lowest BCUT2D eigenvalue weighted by atomic mass is 10.1. The summed E-state index contributed by atoms with van der Waals surface area (Å²) in [5, 5.41) is 7.02. The van der Waals surface area contributed by atoms with Crippen molar-refractivity contribution in [3.05, 3.63) is 24.3 Å². The molecule has 1 unspecified atom stereocenters. The van der Waals surface area contributed by atoms with Crippen LogP contribution in [0.2, 0.25) is 0 Å². The summed E-state index contributed by atoms with van der Waals surface area (Å²) >= 11 is 0. The third-order valence-corrected chi connectivity index (χ3v) is 3.14. The monoisotopic (exact) mass is 234 g/mol. The van der Waals surface area contributed by atoms with Gasteiger partial charge in [0.2, 0.25) is 0 Å². The Morgan fingerprint density at radius 1 is 1.35 bits per heavy atom. The SMILES string of the molecule is CCOc1ccccc1NCC1CCCCN1. The molecule has 3 heteroatoms. The highest BCUT2D eigenvalue weighted by Crippen LogP contribution is 2.23. The maximum atomic E-state index is 5.59. The average Bonchev–Trinajstić information content (AvgIpc) is 2.39. The van der Waals surface area contributed by atoms with Crippen molar-refractivity contribution >= 4 is 5.69 Å². The minimum atomic E-state index is 0.596. The number of benzene rings is 1. The smallest absolute Gasteiger partial charge is 0.142 e. The van der Waals surface area contributed by atoms with Crippen LogP contribution in [0.1, 0.15) is 26.2 Å². The van der Waals surface area contributed by atoms with Crippen LogP contribution in [0, 0.1) is 0 Å². The van der Waals surface area contributed by atoms with Gasteiger partial charge in [0.15, 0.2) is 0 Å². The molecule has 0 aromatic heterocycles. The highest BCUT2D eigenvalue weighted by atomic mass is 16.5. The van der Waals surface area contributed by atoms with Crippen LogP contribution in [0.5, 0.6) is 5.75 Å². The molecule has 1 aromatic rings. The molecule has 1 aliphatic rings. The van der Waals surface area contributed by atoms with E-state index in [9.17, 15) is 0 Å². The first-order valence-electron chi connectivity index (χ1n) is 6.59. The Morgan fingerprint density at radius 2 is 2.24 bits per heavy atom. The van der Waals surface area contributed by atoms with E-state index in [-0.39, 0.29) is 0 Å². The normalized spacial score (nSPS) is 19.9. The third-order valence-electron chi connectivity index (χ3n) is 3.14. The lowest BCUT2D eigenvalue weighted by molar-refractivity contribution is 0.341. The number of hydrogen-bond donors (Lipinski definition) is 2. The van der Waals surface area contributed by atoms with Gasteiger partial charge in [0.05, 0.1) is 12.3 Å². The molecule has 0 amide bonds. The molecule has 1 atom stereocenters. The molecule has 94 valence electrons. The zero-order chi connectivity index (χ0) is 11.9. The number of piperidine rings is 1. The van der Waals surface area contributed by atoms with Gasteiger partial charge < -0.3 is 15.4 Å². The van der Waals surface area contributed by atoms with Crippen LogP contribution in [0.3, 0.4) is 0 Å². The van der Waals surface area contributed by atoms with Gasteiger partial charge >= 0.3 is 0 Å². The first-order valence-corrected chi connectivity index (χ1v) is 6.59. The topological polar surface area (TPSA) is 33.3 Å². The highest BCUT2D eigenvalue weighted by molar-refractivity contribution is 5.56. The van der Waals surface area contributed by atoms with Gasteiger partial charge in [-0.05, 0) is 38.4 Å². The maximum absolute atomic E-state index is 5.59. The number of nitrogens with one attached hydrogen (secondary N) is 2. The number of para-hydroxylation sites is 2. The molecular weight excluding hydrogens is 212 g/mol. The predicted octanol–water partition coefficient (Wildman–Crippen LogP) is 2.64. The van der Waals surface area contributed by atoms with Crippen LogP contribution in [-0.2, 0) is 0 Å². The number of hydrogen-bond acceptors (Lipinski definition) is 3. The van der Waals surface area contributed by atoms with Gasteiger partial charge in [-0.15, -0.1) is 0 Å². The van der Waals surface area contributed by atoms with Gasteiger partial charge in [-0.1, -0.05) is 18.6 Å². The van der Waals surface area contributed by atoms with Gasteiger partial charge in [-0.3, -0.25) is 0 Å². The second-order valence-corrected chi connectivity index (χ2v) is 4.46. The van der Waals surface area contributed by atoms with Crippen molar-refractivity contribution in [1.82, 2.24) is 5.32 Å². The van der Waals surface area contributed by atoms with Crippen molar-refractivity contribution < 1.29 is 4.74 Å². The van der Waals surface area contributed by atoms with E-state index in [1.807, 2.05) is 25.1 Å². The predicted molar refractivity (Wildman–Crippen MR) is 71.7 cm³/mol.